The predicted octanol–water partition coefficient (Wildman–Crippen LogP) is 3.15. The zero-order valence-electron chi connectivity index (χ0n) is 11.7. The molecule has 4 rings (SSSR count). The van der Waals surface area contributed by atoms with Gasteiger partial charge in [-0.25, -0.2) is 4.68 Å². The zero-order valence-corrected chi connectivity index (χ0v) is 11.7. The van der Waals surface area contributed by atoms with Crippen molar-refractivity contribution in [3.63, 3.8) is 0 Å². The maximum atomic E-state index is 4.66. The van der Waals surface area contributed by atoms with Gasteiger partial charge in [0.05, 0.1) is 11.4 Å². The van der Waals surface area contributed by atoms with Crippen molar-refractivity contribution in [1.29, 1.82) is 0 Å². The lowest BCUT2D eigenvalue weighted by Gasteiger charge is -2.22. The molecule has 2 aromatic rings. The highest BCUT2D eigenvalue weighted by Crippen LogP contribution is 2.44. The third kappa shape index (κ3) is 2.27. The summed E-state index contributed by atoms with van der Waals surface area (Å²) < 4.78 is 1.96. The number of hydrogen-bond acceptors (Lipinski definition) is 2. The summed E-state index contributed by atoms with van der Waals surface area (Å²) >= 11 is 0. The molecule has 0 amide bonds. The van der Waals surface area contributed by atoms with Gasteiger partial charge in [-0.2, -0.15) is 5.10 Å². The Bertz CT molecular complexity index is 575. The monoisotopic (exact) mass is 267 g/mol. The molecule has 3 heteroatoms. The zero-order chi connectivity index (χ0) is 13.4. The Labute approximate surface area is 120 Å². The van der Waals surface area contributed by atoms with Gasteiger partial charge in [-0.05, 0) is 49.3 Å². The Kier molecular flexibility index (Phi) is 3.07. The van der Waals surface area contributed by atoms with E-state index in [-0.39, 0.29) is 0 Å². The Morgan fingerprint density at radius 3 is 2.75 bits per heavy atom. The molecule has 2 bridgehead atoms. The molecule has 2 saturated carbocycles. The molecule has 3 nitrogen and oxygen atoms in total. The molecule has 3 atom stereocenters. The van der Waals surface area contributed by atoms with Gasteiger partial charge in [0.15, 0.2) is 0 Å². The molecule has 2 fully saturated rings. The number of para-hydroxylation sites is 1. The number of nitrogens with zero attached hydrogens (tertiary/aromatic N) is 2. The second-order valence-corrected chi connectivity index (χ2v) is 6.25. The van der Waals surface area contributed by atoms with Crippen molar-refractivity contribution in [2.24, 2.45) is 11.8 Å². The summed E-state index contributed by atoms with van der Waals surface area (Å²) in [6.07, 6.45) is 7.78. The predicted molar refractivity (Wildman–Crippen MR) is 79.6 cm³/mol. The van der Waals surface area contributed by atoms with Gasteiger partial charge >= 0.3 is 0 Å². The molecular formula is C17H21N3. The Balaban J connectivity index is 1.39. The van der Waals surface area contributed by atoms with Gasteiger partial charge in [-0.15, -0.1) is 0 Å². The average molecular weight is 267 g/mol. The van der Waals surface area contributed by atoms with E-state index in [0.717, 1.165) is 35.8 Å². The molecule has 0 saturated heterocycles. The first-order valence-corrected chi connectivity index (χ1v) is 7.72. The van der Waals surface area contributed by atoms with Crippen LogP contribution in [0.2, 0.25) is 0 Å². The molecule has 1 heterocycles. The van der Waals surface area contributed by atoms with E-state index < -0.39 is 0 Å². The second-order valence-electron chi connectivity index (χ2n) is 6.25. The highest BCUT2D eigenvalue weighted by atomic mass is 15.3. The summed E-state index contributed by atoms with van der Waals surface area (Å²) in [4.78, 5) is 0. The molecule has 20 heavy (non-hydrogen) atoms. The molecule has 3 unspecified atom stereocenters. The molecule has 1 aromatic heterocycles. The molecule has 1 N–H and O–H groups in total. The molecule has 104 valence electrons. The fourth-order valence-electron chi connectivity index (χ4n) is 3.91. The van der Waals surface area contributed by atoms with Gasteiger partial charge in [-0.1, -0.05) is 24.6 Å². The third-order valence-electron chi connectivity index (χ3n) is 4.95. The maximum Gasteiger partial charge on any atom is 0.0766 e. The van der Waals surface area contributed by atoms with E-state index in [9.17, 15) is 0 Å². The first kappa shape index (κ1) is 12.2. The van der Waals surface area contributed by atoms with Crippen LogP contribution in [0.4, 0.5) is 0 Å². The Hall–Kier alpha value is -1.61. The van der Waals surface area contributed by atoms with Crippen LogP contribution in [0.3, 0.4) is 0 Å². The van der Waals surface area contributed by atoms with Gasteiger partial charge in [0.2, 0.25) is 0 Å². The third-order valence-corrected chi connectivity index (χ3v) is 4.95. The van der Waals surface area contributed by atoms with Crippen LogP contribution in [0.25, 0.3) is 5.69 Å². The highest BCUT2D eigenvalue weighted by molar-refractivity contribution is 5.30. The standard InChI is InChI=1S/C17H21N3/c1-2-4-16(5-3-1)20-9-8-15(19-20)12-18-17-11-13-6-7-14(17)10-13/h1-5,8-9,13-14,17-18H,6-7,10-12H2. The first-order chi connectivity index (χ1) is 9.88. The largest absolute Gasteiger partial charge is 0.308 e. The molecule has 1 aromatic carbocycles. The molecule has 0 aliphatic heterocycles. The Morgan fingerprint density at radius 1 is 1.10 bits per heavy atom. The van der Waals surface area contributed by atoms with Crippen molar-refractivity contribution in [3.05, 3.63) is 48.3 Å². The minimum Gasteiger partial charge on any atom is -0.308 e. The smallest absolute Gasteiger partial charge is 0.0766 e. The number of benzene rings is 1. The van der Waals surface area contributed by atoms with Crippen LogP contribution < -0.4 is 5.32 Å². The van der Waals surface area contributed by atoms with E-state index in [1.54, 1.807) is 0 Å². The number of aromatic nitrogens is 2. The van der Waals surface area contributed by atoms with Crippen LogP contribution in [0, 0.1) is 11.8 Å². The Morgan fingerprint density at radius 2 is 2.00 bits per heavy atom. The van der Waals surface area contributed by atoms with Crippen molar-refractivity contribution in [2.75, 3.05) is 0 Å². The van der Waals surface area contributed by atoms with Gasteiger partial charge in [0.1, 0.15) is 0 Å². The maximum absolute atomic E-state index is 4.66. The lowest BCUT2D eigenvalue weighted by atomic mass is 9.95. The average Bonchev–Trinajstić information content (AvgIpc) is 3.22. The summed E-state index contributed by atoms with van der Waals surface area (Å²) in [5, 5.41) is 8.38. The fourth-order valence-corrected chi connectivity index (χ4v) is 3.91. The minimum atomic E-state index is 0.732. The van der Waals surface area contributed by atoms with Gasteiger partial charge in [0, 0.05) is 18.8 Å². The van der Waals surface area contributed by atoms with Crippen LogP contribution in [0.1, 0.15) is 31.4 Å². The lowest BCUT2D eigenvalue weighted by molar-refractivity contribution is 0.349. The number of hydrogen-bond donors (Lipinski definition) is 1. The van der Waals surface area contributed by atoms with E-state index in [2.05, 4.69) is 28.6 Å². The van der Waals surface area contributed by atoms with Gasteiger partial charge in [0.25, 0.3) is 0 Å². The molecular weight excluding hydrogens is 246 g/mol. The van der Waals surface area contributed by atoms with E-state index in [0.29, 0.717) is 0 Å². The fraction of sp³-hybridized carbons (Fsp3) is 0.471. The van der Waals surface area contributed by atoms with E-state index in [4.69, 9.17) is 0 Å². The summed E-state index contributed by atoms with van der Waals surface area (Å²) in [5.74, 6) is 1.93. The van der Waals surface area contributed by atoms with Crippen molar-refractivity contribution >= 4 is 0 Å². The summed E-state index contributed by atoms with van der Waals surface area (Å²) in [6.45, 7) is 0.897. The van der Waals surface area contributed by atoms with Gasteiger partial charge < -0.3 is 5.32 Å². The van der Waals surface area contributed by atoms with Crippen LogP contribution in [0.15, 0.2) is 42.6 Å². The molecule has 2 aliphatic rings. The topological polar surface area (TPSA) is 29.9 Å². The molecule has 0 radical (unpaired) electrons. The van der Waals surface area contributed by atoms with E-state index in [1.165, 1.54) is 25.7 Å². The number of fused-ring (bicyclic) bond motifs is 2. The van der Waals surface area contributed by atoms with Crippen molar-refractivity contribution in [3.8, 4) is 5.69 Å². The normalized spacial score (nSPS) is 28.1. The number of rotatable bonds is 4. The minimum absolute atomic E-state index is 0.732. The summed E-state index contributed by atoms with van der Waals surface area (Å²) in [7, 11) is 0. The van der Waals surface area contributed by atoms with Crippen molar-refractivity contribution in [2.45, 2.75) is 38.3 Å². The van der Waals surface area contributed by atoms with Crippen LogP contribution in [-0.2, 0) is 6.54 Å². The quantitative estimate of drug-likeness (QED) is 0.922. The molecule has 2 aliphatic carbocycles. The van der Waals surface area contributed by atoms with E-state index >= 15 is 0 Å². The lowest BCUT2D eigenvalue weighted by Crippen LogP contribution is -2.33. The summed E-state index contributed by atoms with van der Waals surface area (Å²) in [5.41, 5.74) is 2.26. The highest BCUT2D eigenvalue weighted by Gasteiger charge is 2.38. The van der Waals surface area contributed by atoms with Gasteiger partial charge in [-0.3, -0.25) is 0 Å². The SMILES string of the molecule is c1ccc(-n2ccc(CNC3CC4CCC3C4)n2)cc1. The second kappa shape index (κ2) is 5.06. The van der Waals surface area contributed by atoms with Crippen molar-refractivity contribution < 1.29 is 0 Å². The first-order valence-electron chi connectivity index (χ1n) is 7.72. The van der Waals surface area contributed by atoms with Crippen molar-refractivity contribution in [1.82, 2.24) is 15.1 Å². The number of nitrogens with one attached hydrogen (secondary N) is 1. The van der Waals surface area contributed by atoms with Crippen LogP contribution >= 0.6 is 0 Å². The van der Waals surface area contributed by atoms with E-state index in [1.807, 2.05) is 29.1 Å². The molecule has 0 spiro atoms. The van der Waals surface area contributed by atoms with Crippen LogP contribution in [-0.4, -0.2) is 15.8 Å². The summed E-state index contributed by atoms with van der Waals surface area (Å²) in [6, 6.07) is 13.1. The van der Waals surface area contributed by atoms with Crippen LogP contribution in [0.5, 0.6) is 0 Å².